The van der Waals surface area contributed by atoms with Crippen molar-refractivity contribution < 1.29 is 14.3 Å². The summed E-state index contributed by atoms with van der Waals surface area (Å²) in [6, 6.07) is 9.15. The second kappa shape index (κ2) is 6.74. The molecule has 2 N–H and O–H groups in total. The van der Waals surface area contributed by atoms with Gasteiger partial charge in [-0.05, 0) is 18.5 Å². The maximum atomic E-state index is 11.3. The van der Waals surface area contributed by atoms with Crippen LogP contribution in [0.25, 0.3) is 0 Å². The summed E-state index contributed by atoms with van der Waals surface area (Å²) in [4.78, 5) is 22.4. The third-order valence-corrected chi connectivity index (χ3v) is 2.00. The second-order valence-electron chi connectivity index (χ2n) is 3.40. The lowest BCUT2D eigenvalue weighted by atomic mass is 10.2. The summed E-state index contributed by atoms with van der Waals surface area (Å²) in [5.74, 6) is -1.03. The van der Waals surface area contributed by atoms with E-state index in [-0.39, 0.29) is 12.8 Å². The van der Waals surface area contributed by atoms with Gasteiger partial charge in [0.2, 0.25) is 0 Å². The first kappa shape index (κ1) is 12.4. The molecule has 16 heavy (non-hydrogen) atoms. The average molecular weight is 221 g/mol. The highest BCUT2D eigenvalue weighted by Gasteiger charge is 2.10. The molecule has 0 amide bonds. The number of benzene rings is 1. The Labute approximate surface area is 94.4 Å². The topological polar surface area (TPSA) is 69.4 Å². The minimum absolute atomic E-state index is 0.120. The standard InChI is InChI=1S/C12H15NO3/c13-8-4-7-11(14)16-12(15)9-10-5-2-1-3-6-10/h1-3,5-6H,4,7-9,13H2. The van der Waals surface area contributed by atoms with Crippen LogP contribution in [-0.4, -0.2) is 18.5 Å². The summed E-state index contributed by atoms with van der Waals surface area (Å²) in [5.41, 5.74) is 6.07. The van der Waals surface area contributed by atoms with E-state index in [0.29, 0.717) is 13.0 Å². The molecule has 0 atom stereocenters. The largest absolute Gasteiger partial charge is 0.393 e. The van der Waals surface area contributed by atoms with E-state index in [1.54, 1.807) is 0 Å². The number of carbonyl (C=O) groups excluding carboxylic acids is 2. The lowest BCUT2D eigenvalue weighted by molar-refractivity contribution is -0.159. The van der Waals surface area contributed by atoms with Crippen LogP contribution in [0.2, 0.25) is 0 Å². The minimum Gasteiger partial charge on any atom is -0.393 e. The molecule has 0 unspecified atom stereocenters. The van der Waals surface area contributed by atoms with Gasteiger partial charge in [-0.1, -0.05) is 30.3 Å². The van der Waals surface area contributed by atoms with Crippen molar-refractivity contribution in [3.63, 3.8) is 0 Å². The monoisotopic (exact) mass is 221 g/mol. The van der Waals surface area contributed by atoms with Crippen molar-refractivity contribution in [3.05, 3.63) is 35.9 Å². The van der Waals surface area contributed by atoms with Gasteiger partial charge >= 0.3 is 11.9 Å². The maximum absolute atomic E-state index is 11.3. The van der Waals surface area contributed by atoms with E-state index < -0.39 is 11.9 Å². The van der Waals surface area contributed by atoms with Crippen molar-refractivity contribution in [2.45, 2.75) is 19.3 Å². The average Bonchev–Trinajstić information content (AvgIpc) is 2.27. The van der Waals surface area contributed by atoms with Crippen LogP contribution in [0.1, 0.15) is 18.4 Å². The van der Waals surface area contributed by atoms with Gasteiger partial charge in [-0.15, -0.1) is 0 Å². The Hall–Kier alpha value is -1.68. The molecule has 0 fully saturated rings. The van der Waals surface area contributed by atoms with Gasteiger partial charge in [0.25, 0.3) is 0 Å². The molecule has 0 bridgehead atoms. The zero-order chi connectivity index (χ0) is 11.8. The second-order valence-corrected chi connectivity index (χ2v) is 3.40. The Morgan fingerprint density at radius 2 is 1.81 bits per heavy atom. The first-order valence-electron chi connectivity index (χ1n) is 5.20. The van der Waals surface area contributed by atoms with E-state index in [1.807, 2.05) is 30.3 Å². The molecular formula is C12H15NO3. The normalized spacial score (nSPS) is 9.81. The van der Waals surface area contributed by atoms with Crippen LogP contribution in [-0.2, 0) is 20.7 Å². The van der Waals surface area contributed by atoms with Gasteiger partial charge < -0.3 is 10.5 Å². The smallest absolute Gasteiger partial charge is 0.317 e. The molecule has 0 aromatic heterocycles. The highest BCUT2D eigenvalue weighted by atomic mass is 16.6. The van der Waals surface area contributed by atoms with E-state index >= 15 is 0 Å². The number of esters is 2. The molecule has 4 nitrogen and oxygen atoms in total. The van der Waals surface area contributed by atoms with Crippen molar-refractivity contribution >= 4 is 11.9 Å². The molecule has 4 heteroatoms. The van der Waals surface area contributed by atoms with Crippen molar-refractivity contribution in [3.8, 4) is 0 Å². The van der Waals surface area contributed by atoms with E-state index in [4.69, 9.17) is 5.73 Å². The lowest BCUT2D eigenvalue weighted by Gasteiger charge is -2.02. The summed E-state index contributed by atoms with van der Waals surface area (Å²) in [7, 11) is 0. The molecule has 86 valence electrons. The fourth-order valence-corrected chi connectivity index (χ4v) is 1.22. The third-order valence-electron chi connectivity index (χ3n) is 2.00. The number of carbonyl (C=O) groups is 2. The Morgan fingerprint density at radius 1 is 1.12 bits per heavy atom. The first-order chi connectivity index (χ1) is 7.72. The Kier molecular flexibility index (Phi) is 5.22. The number of ether oxygens (including phenoxy) is 1. The predicted molar refractivity (Wildman–Crippen MR) is 59.5 cm³/mol. The van der Waals surface area contributed by atoms with Gasteiger partial charge in [-0.25, -0.2) is 0 Å². The predicted octanol–water partition coefficient (Wildman–Crippen LogP) is 1.04. The van der Waals surface area contributed by atoms with Crippen LogP contribution in [0.3, 0.4) is 0 Å². The van der Waals surface area contributed by atoms with E-state index in [1.165, 1.54) is 0 Å². The SMILES string of the molecule is NCCCC(=O)OC(=O)Cc1ccccc1. The number of nitrogens with two attached hydrogens (primary N) is 1. The molecule has 1 rings (SSSR count). The van der Waals surface area contributed by atoms with Crippen molar-refractivity contribution in [1.29, 1.82) is 0 Å². The van der Waals surface area contributed by atoms with Crippen LogP contribution < -0.4 is 5.73 Å². The molecule has 0 saturated heterocycles. The lowest BCUT2D eigenvalue weighted by Crippen LogP contribution is -2.15. The molecule has 0 radical (unpaired) electrons. The summed E-state index contributed by atoms with van der Waals surface area (Å²) in [6.45, 7) is 0.419. The zero-order valence-electron chi connectivity index (χ0n) is 9.02. The number of rotatable bonds is 5. The van der Waals surface area contributed by atoms with Gasteiger partial charge in [0.1, 0.15) is 0 Å². The van der Waals surface area contributed by atoms with Crippen LogP contribution in [0.4, 0.5) is 0 Å². The van der Waals surface area contributed by atoms with Gasteiger partial charge in [-0.3, -0.25) is 9.59 Å². The van der Waals surface area contributed by atoms with Gasteiger partial charge in [-0.2, -0.15) is 0 Å². The van der Waals surface area contributed by atoms with Gasteiger partial charge in [0, 0.05) is 6.42 Å². The van der Waals surface area contributed by atoms with E-state index in [9.17, 15) is 9.59 Å². The van der Waals surface area contributed by atoms with Gasteiger partial charge in [0.15, 0.2) is 0 Å². The Bertz CT molecular complexity index is 349. The van der Waals surface area contributed by atoms with Crippen molar-refractivity contribution in [2.24, 2.45) is 5.73 Å². The molecule has 0 aliphatic heterocycles. The van der Waals surface area contributed by atoms with E-state index in [0.717, 1.165) is 5.56 Å². The summed E-state index contributed by atoms with van der Waals surface area (Å²) in [5, 5.41) is 0. The van der Waals surface area contributed by atoms with Crippen molar-refractivity contribution in [1.82, 2.24) is 0 Å². The highest BCUT2D eigenvalue weighted by molar-refractivity contribution is 5.86. The third kappa shape index (κ3) is 4.70. The highest BCUT2D eigenvalue weighted by Crippen LogP contribution is 2.02. The maximum Gasteiger partial charge on any atom is 0.317 e. The minimum atomic E-state index is -0.520. The quantitative estimate of drug-likeness (QED) is 0.595. The Morgan fingerprint density at radius 3 is 2.44 bits per heavy atom. The van der Waals surface area contributed by atoms with Crippen LogP contribution in [0.15, 0.2) is 30.3 Å². The van der Waals surface area contributed by atoms with Crippen LogP contribution in [0, 0.1) is 0 Å². The number of hydrogen-bond donors (Lipinski definition) is 1. The first-order valence-corrected chi connectivity index (χ1v) is 5.20. The fourth-order valence-electron chi connectivity index (χ4n) is 1.22. The molecule has 0 aliphatic rings. The molecule has 0 spiro atoms. The van der Waals surface area contributed by atoms with Crippen LogP contribution in [0.5, 0.6) is 0 Å². The van der Waals surface area contributed by atoms with Crippen LogP contribution >= 0.6 is 0 Å². The molecule has 1 aromatic carbocycles. The van der Waals surface area contributed by atoms with Crippen molar-refractivity contribution in [2.75, 3.05) is 6.54 Å². The van der Waals surface area contributed by atoms with Gasteiger partial charge in [0.05, 0.1) is 6.42 Å². The summed E-state index contributed by atoms with van der Waals surface area (Å²) in [6.07, 6.45) is 0.851. The fraction of sp³-hybridized carbons (Fsp3) is 0.333. The summed E-state index contributed by atoms with van der Waals surface area (Å²) >= 11 is 0. The molecular weight excluding hydrogens is 206 g/mol. The molecule has 1 aromatic rings. The molecule has 0 saturated carbocycles. The molecule has 0 heterocycles. The van der Waals surface area contributed by atoms with E-state index in [2.05, 4.69) is 4.74 Å². The number of hydrogen-bond acceptors (Lipinski definition) is 4. The molecule has 0 aliphatic carbocycles. The summed E-state index contributed by atoms with van der Waals surface area (Å²) < 4.78 is 4.62. The zero-order valence-corrected chi connectivity index (χ0v) is 9.02. The Balaban J connectivity index is 2.34.